The van der Waals surface area contributed by atoms with Crippen LogP contribution in [0, 0.1) is 13.8 Å². The number of hydrogen-bond donors (Lipinski definition) is 1. The Labute approximate surface area is 80.2 Å². The molecule has 1 N–H and O–H groups in total. The topological polar surface area (TPSA) is 12.0 Å². The molecular weight excluding hydrogens is 158 g/mol. The molecule has 1 aliphatic heterocycles. The van der Waals surface area contributed by atoms with Gasteiger partial charge in [0, 0.05) is 17.6 Å². The van der Waals surface area contributed by atoms with Gasteiger partial charge < -0.3 is 5.32 Å². The summed E-state index contributed by atoms with van der Waals surface area (Å²) in [5.41, 5.74) is 5.88. The summed E-state index contributed by atoms with van der Waals surface area (Å²) in [7, 11) is 0. The van der Waals surface area contributed by atoms with E-state index in [1.807, 2.05) is 0 Å². The van der Waals surface area contributed by atoms with Crippen molar-refractivity contribution in [3.8, 4) is 0 Å². The summed E-state index contributed by atoms with van der Waals surface area (Å²) in [4.78, 5) is 0. The maximum Gasteiger partial charge on any atom is 0.0409 e. The average molecular weight is 175 g/mol. The summed E-state index contributed by atoms with van der Waals surface area (Å²) in [6.45, 7) is 10.0. The zero-order valence-electron chi connectivity index (χ0n) is 8.86. The van der Waals surface area contributed by atoms with E-state index in [0.29, 0.717) is 5.41 Å². The maximum atomic E-state index is 3.49. The summed E-state index contributed by atoms with van der Waals surface area (Å²) in [5.74, 6) is 0. The smallest absolute Gasteiger partial charge is 0.0409 e. The first-order chi connectivity index (χ1) is 6.00. The van der Waals surface area contributed by atoms with Crippen molar-refractivity contribution in [2.45, 2.75) is 33.1 Å². The lowest BCUT2D eigenvalue weighted by molar-refractivity contribution is 0.586. The molecule has 1 nitrogen and oxygen atoms in total. The van der Waals surface area contributed by atoms with E-state index in [1.54, 1.807) is 0 Å². The van der Waals surface area contributed by atoms with E-state index >= 15 is 0 Å². The fourth-order valence-corrected chi connectivity index (χ4v) is 2.14. The molecule has 70 valence electrons. The van der Waals surface area contributed by atoms with Crippen molar-refractivity contribution >= 4 is 5.69 Å². The van der Waals surface area contributed by atoms with Crippen LogP contribution in [0.15, 0.2) is 12.1 Å². The monoisotopic (exact) mass is 175 g/mol. The highest BCUT2D eigenvalue weighted by Crippen LogP contribution is 2.38. The van der Waals surface area contributed by atoms with Gasteiger partial charge in [0.1, 0.15) is 0 Å². The molecule has 0 fully saturated rings. The molecule has 0 aromatic heterocycles. The first kappa shape index (κ1) is 8.61. The second-order valence-corrected chi connectivity index (χ2v) is 4.74. The molecule has 0 saturated carbocycles. The largest absolute Gasteiger partial charge is 0.384 e. The van der Waals surface area contributed by atoms with Gasteiger partial charge in [0.05, 0.1) is 0 Å². The van der Waals surface area contributed by atoms with Crippen LogP contribution in [0.1, 0.15) is 30.5 Å². The zero-order valence-corrected chi connectivity index (χ0v) is 8.86. The minimum Gasteiger partial charge on any atom is -0.384 e. The SMILES string of the molecule is Cc1cc(C)c2c(c1)C(C)(C)CN2. The second-order valence-electron chi connectivity index (χ2n) is 4.74. The fraction of sp³-hybridized carbons (Fsp3) is 0.500. The maximum absolute atomic E-state index is 3.49. The van der Waals surface area contributed by atoms with E-state index in [4.69, 9.17) is 0 Å². The molecule has 1 aromatic rings. The third-order valence-electron chi connectivity index (χ3n) is 2.92. The van der Waals surface area contributed by atoms with Crippen LogP contribution in [0.2, 0.25) is 0 Å². The minimum atomic E-state index is 0.298. The van der Waals surface area contributed by atoms with Gasteiger partial charge in [-0.25, -0.2) is 0 Å². The normalized spacial score (nSPS) is 18.2. The highest BCUT2D eigenvalue weighted by molar-refractivity contribution is 5.65. The van der Waals surface area contributed by atoms with Crippen LogP contribution < -0.4 is 5.32 Å². The van der Waals surface area contributed by atoms with Crippen molar-refractivity contribution in [3.05, 3.63) is 28.8 Å². The molecule has 0 saturated heterocycles. The van der Waals surface area contributed by atoms with Gasteiger partial charge in [0.25, 0.3) is 0 Å². The Bertz CT molecular complexity index is 350. The van der Waals surface area contributed by atoms with E-state index < -0.39 is 0 Å². The molecule has 1 aromatic carbocycles. The van der Waals surface area contributed by atoms with E-state index in [9.17, 15) is 0 Å². The third-order valence-corrected chi connectivity index (χ3v) is 2.92. The van der Waals surface area contributed by atoms with Crippen molar-refractivity contribution in [1.82, 2.24) is 0 Å². The van der Waals surface area contributed by atoms with E-state index in [-0.39, 0.29) is 0 Å². The van der Waals surface area contributed by atoms with E-state index in [2.05, 4.69) is 45.1 Å². The quantitative estimate of drug-likeness (QED) is 0.639. The predicted molar refractivity (Wildman–Crippen MR) is 57.4 cm³/mol. The number of rotatable bonds is 0. The number of nitrogens with one attached hydrogen (secondary N) is 1. The van der Waals surface area contributed by atoms with Gasteiger partial charge >= 0.3 is 0 Å². The summed E-state index contributed by atoms with van der Waals surface area (Å²) in [6, 6.07) is 4.55. The van der Waals surface area contributed by atoms with Crippen LogP contribution in [0.3, 0.4) is 0 Å². The average Bonchev–Trinajstić information content (AvgIpc) is 2.28. The number of benzene rings is 1. The van der Waals surface area contributed by atoms with Gasteiger partial charge in [0.2, 0.25) is 0 Å². The fourth-order valence-electron chi connectivity index (χ4n) is 2.14. The lowest BCUT2D eigenvalue weighted by Gasteiger charge is -2.17. The molecule has 0 unspecified atom stereocenters. The van der Waals surface area contributed by atoms with Gasteiger partial charge in [-0.1, -0.05) is 31.5 Å². The van der Waals surface area contributed by atoms with Crippen LogP contribution in [0.4, 0.5) is 5.69 Å². The molecular formula is C12H17N. The zero-order chi connectivity index (χ0) is 9.64. The van der Waals surface area contributed by atoms with Crippen molar-refractivity contribution in [3.63, 3.8) is 0 Å². The van der Waals surface area contributed by atoms with Gasteiger partial charge in [-0.2, -0.15) is 0 Å². The van der Waals surface area contributed by atoms with Crippen LogP contribution in [-0.4, -0.2) is 6.54 Å². The molecule has 0 spiro atoms. The van der Waals surface area contributed by atoms with E-state index in [0.717, 1.165) is 6.54 Å². The molecule has 1 aliphatic rings. The Balaban J connectivity index is 2.65. The molecule has 1 heterocycles. The summed E-state index contributed by atoms with van der Waals surface area (Å²) in [6.07, 6.45) is 0. The van der Waals surface area contributed by atoms with Crippen LogP contribution in [0.25, 0.3) is 0 Å². The van der Waals surface area contributed by atoms with Crippen molar-refractivity contribution in [1.29, 1.82) is 0 Å². The Morgan fingerprint density at radius 3 is 2.62 bits per heavy atom. The minimum absolute atomic E-state index is 0.298. The standard InChI is InChI=1S/C12H17N/c1-8-5-9(2)11-10(6-8)12(3,4)7-13-11/h5-6,13H,7H2,1-4H3. The Morgan fingerprint density at radius 2 is 1.92 bits per heavy atom. The van der Waals surface area contributed by atoms with E-state index in [1.165, 1.54) is 22.4 Å². The third kappa shape index (κ3) is 1.23. The predicted octanol–water partition coefficient (Wildman–Crippen LogP) is 3.01. The van der Waals surface area contributed by atoms with Crippen molar-refractivity contribution in [2.75, 3.05) is 11.9 Å². The second kappa shape index (κ2) is 2.50. The molecule has 1 heteroatoms. The van der Waals surface area contributed by atoms with Gasteiger partial charge in [-0.3, -0.25) is 0 Å². The summed E-state index contributed by atoms with van der Waals surface area (Å²) < 4.78 is 0. The number of hydrogen-bond acceptors (Lipinski definition) is 1. The van der Waals surface area contributed by atoms with Gasteiger partial charge in [-0.05, 0) is 25.0 Å². The van der Waals surface area contributed by atoms with Crippen LogP contribution >= 0.6 is 0 Å². The van der Waals surface area contributed by atoms with Crippen LogP contribution in [-0.2, 0) is 5.41 Å². The molecule has 0 bridgehead atoms. The Kier molecular flexibility index (Phi) is 1.66. The first-order valence-corrected chi connectivity index (χ1v) is 4.86. The summed E-state index contributed by atoms with van der Waals surface area (Å²) in [5, 5.41) is 3.49. The lowest BCUT2D eigenvalue weighted by atomic mass is 9.85. The lowest BCUT2D eigenvalue weighted by Crippen LogP contribution is -2.18. The first-order valence-electron chi connectivity index (χ1n) is 4.86. The summed E-state index contributed by atoms with van der Waals surface area (Å²) >= 11 is 0. The highest BCUT2D eigenvalue weighted by atomic mass is 14.9. The number of fused-ring (bicyclic) bond motifs is 1. The van der Waals surface area contributed by atoms with Crippen molar-refractivity contribution in [2.24, 2.45) is 0 Å². The van der Waals surface area contributed by atoms with Crippen LogP contribution in [0.5, 0.6) is 0 Å². The van der Waals surface area contributed by atoms with Crippen molar-refractivity contribution < 1.29 is 0 Å². The molecule has 0 amide bonds. The molecule has 0 atom stereocenters. The van der Waals surface area contributed by atoms with Gasteiger partial charge in [0.15, 0.2) is 0 Å². The molecule has 13 heavy (non-hydrogen) atoms. The Morgan fingerprint density at radius 1 is 1.23 bits per heavy atom. The number of aryl methyl sites for hydroxylation is 2. The van der Waals surface area contributed by atoms with Gasteiger partial charge in [-0.15, -0.1) is 0 Å². The molecule has 0 aliphatic carbocycles. The molecule has 2 rings (SSSR count). The Hall–Kier alpha value is -0.980. The highest BCUT2D eigenvalue weighted by Gasteiger charge is 2.30. The number of anilines is 1. The molecule has 0 radical (unpaired) electrons.